The topological polar surface area (TPSA) is 130 Å². The number of anilines is 1. The zero-order valence-corrected chi connectivity index (χ0v) is 15.6. The lowest BCUT2D eigenvalue weighted by Gasteiger charge is -2.08. The molecular formula is C18H20N4O4S. The Hall–Kier alpha value is -2.91. The van der Waals surface area contributed by atoms with E-state index in [9.17, 15) is 13.2 Å². The van der Waals surface area contributed by atoms with Gasteiger partial charge in [-0.05, 0) is 49.2 Å². The summed E-state index contributed by atoms with van der Waals surface area (Å²) in [5.41, 5.74) is 8.80. The summed E-state index contributed by atoms with van der Waals surface area (Å²) in [6.45, 7) is 2.60. The van der Waals surface area contributed by atoms with E-state index in [0.717, 1.165) is 11.1 Å². The zero-order chi connectivity index (χ0) is 19.6. The van der Waals surface area contributed by atoms with E-state index in [4.69, 9.17) is 15.6 Å². The van der Waals surface area contributed by atoms with Gasteiger partial charge in [0, 0.05) is 6.54 Å². The zero-order valence-electron chi connectivity index (χ0n) is 14.8. The van der Waals surface area contributed by atoms with Gasteiger partial charge < -0.3 is 15.0 Å². The number of primary sulfonamides is 1. The number of esters is 1. The molecule has 0 aliphatic carbocycles. The van der Waals surface area contributed by atoms with Crippen LogP contribution in [0.1, 0.15) is 22.8 Å². The first-order valence-corrected chi connectivity index (χ1v) is 9.89. The molecule has 0 unspecified atom stereocenters. The van der Waals surface area contributed by atoms with Crippen molar-refractivity contribution in [2.75, 3.05) is 12.3 Å². The number of carbonyl (C=O) groups is 1. The number of sulfonamides is 1. The number of rotatable bonds is 6. The number of ether oxygens (including phenoxy) is 1. The summed E-state index contributed by atoms with van der Waals surface area (Å²) in [7, 11) is -3.70. The molecule has 3 aromatic rings. The summed E-state index contributed by atoms with van der Waals surface area (Å²) in [5.74, 6) is -0.0605. The van der Waals surface area contributed by atoms with E-state index in [1.54, 1.807) is 37.3 Å². The fourth-order valence-electron chi connectivity index (χ4n) is 2.81. The third-order valence-electron chi connectivity index (χ3n) is 4.16. The predicted molar refractivity (Wildman–Crippen MR) is 102 cm³/mol. The van der Waals surface area contributed by atoms with E-state index in [1.807, 2.05) is 4.57 Å². The molecule has 0 amide bonds. The Kier molecular flexibility index (Phi) is 5.15. The molecule has 0 atom stereocenters. The number of imidazole rings is 1. The Morgan fingerprint density at radius 3 is 2.52 bits per heavy atom. The SMILES string of the molecule is CCOC(=O)c1ccc2c(c1)nc(N)n2CCc1ccc(S(N)(=O)=O)cc1. The molecule has 0 radical (unpaired) electrons. The van der Waals surface area contributed by atoms with Gasteiger partial charge in [-0.15, -0.1) is 0 Å². The second kappa shape index (κ2) is 7.37. The van der Waals surface area contributed by atoms with E-state index in [-0.39, 0.29) is 4.90 Å². The molecule has 0 saturated carbocycles. The van der Waals surface area contributed by atoms with Gasteiger partial charge in [-0.2, -0.15) is 0 Å². The van der Waals surface area contributed by atoms with Gasteiger partial charge in [0.25, 0.3) is 0 Å². The molecule has 4 N–H and O–H groups in total. The van der Waals surface area contributed by atoms with E-state index in [1.165, 1.54) is 12.1 Å². The maximum atomic E-state index is 11.8. The average molecular weight is 388 g/mol. The lowest BCUT2D eigenvalue weighted by Crippen LogP contribution is -2.12. The van der Waals surface area contributed by atoms with Gasteiger partial charge >= 0.3 is 5.97 Å². The van der Waals surface area contributed by atoms with Crippen molar-refractivity contribution in [3.05, 3.63) is 53.6 Å². The number of nitrogens with two attached hydrogens (primary N) is 2. The highest BCUT2D eigenvalue weighted by Crippen LogP contribution is 2.21. The first-order valence-electron chi connectivity index (χ1n) is 8.34. The lowest BCUT2D eigenvalue weighted by molar-refractivity contribution is 0.0526. The molecular weight excluding hydrogens is 368 g/mol. The first-order chi connectivity index (χ1) is 12.8. The smallest absolute Gasteiger partial charge is 0.338 e. The molecule has 9 heteroatoms. The van der Waals surface area contributed by atoms with Crippen LogP contribution in [0, 0.1) is 0 Å². The minimum Gasteiger partial charge on any atom is -0.462 e. The number of benzene rings is 2. The summed E-state index contributed by atoms with van der Waals surface area (Å²) in [4.78, 5) is 16.2. The third kappa shape index (κ3) is 4.09. The van der Waals surface area contributed by atoms with Crippen molar-refractivity contribution in [2.24, 2.45) is 5.14 Å². The van der Waals surface area contributed by atoms with Crippen molar-refractivity contribution >= 4 is 33.0 Å². The van der Waals surface area contributed by atoms with Gasteiger partial charge in [-0.1, -0.05) is 12.1 Å². The van der Waals surface area contributed by atoms with Crippen LogP contribution in [0.15, 0.2) is 47.4 Å². The van der Waals surface area contributed by atoms with Crippen molar-refractivity contribution in [1.82, 2.24) is 9.55 Å². The Bertz CT molecular complexity index is 1090. The Morgan fingerprint density at radius 1 is 1.19 bits per heavy atom. The van der Waals surface area contributed by atoms with Crippen molar-refractivity contribution < 1.29 is 17.9 Å². The van der Waals surface area contributed by atoms with E-state index >= 15 is 0 Å². The molecule has 27 heavy (non-hydrogen) atoms. The Balaban J connectivity index is 1.81. The summed E-state index contributed by atoms with van der Waals surface area (Å²) >= 11 is 0. The molecule has 0 aliphatic rings. The first kappa shape index (κ1) is 18.9. The Labute approximate surface area is 156 Å². The van der Waals surface area contributed by atoms with Crippen LogP contribution in [0.5, 0.6) is 0 Å². The Morgan fingerprint density at radius 2 is 1.89 bits per heavy atom. The molecule has 0 bridgehead atoms. The highest BCUT2D eigenvalue weighted by atomic mass is 32.2. The predicted octanol–water partition coefficient (Wildman–Crippen LogP) is 1.69. The van der Waals surface area contributed by atoms with Crippen LogP contribution < -0.4 is 10.9 Å². The minimum absolute atomic E-state index is 0.0744. The monoisotopic (exact) mass is 388 g/mol. The van der Waals surface area contributed by atoms with Crippen LogP contribution in [0.4, 0.5) is 5.95 Å². The number of carbonyl (C=O) groups excluding carboxylic acids is 1. The number of hydrogen-bond acceptors (Lipinski definition) is 6. The summed E-state index contributed by atoms with van der Waals surface area (Å²) < 4.78 is 29.5. The number of aromatic nitrogens is 2. The minimum atomic E-state index is -3.70. The maximum Gasteiger partial charge on any atom is 0.338 e. The van der Waals surface area contributed by atoms with Gasteiger partial charge in [-0.25, -0.2) is 23.3 Å². The number of hydrogen-bond donors (Lipinski definition) is 2. The lowest BCUT2D eigenvalue weighted by atomic mass is 10.1. The quantitative estimate of drug-likeness (QED) is 0.618. The van der Waals surface area contributed by atoms with Gasteiger partial charge in [0.2, 0.25) is 16.0 Å². The van der Waals surface area contributed by atoms with Gasteiger partial charge in [0.05, 0.1) is 28.1 Å². The van der Waals surface area contributed by atoms with E-state index in [0.29, 0.717) is 36.6 Å². The summed E-state index contributed by atoms with van der Waals surface area (Å²) in [5, 5.41) is 5.10. The van der Waals surface area contributed by atoms with Crippen molar-refractivity contribution in [3.8, 4) is 0 Å². The van der Waals surface area contributed by atoms with Crippen LogP contribution in [0.25, 0.3) is 11.0 Å². The molecule has 0 spiro atoms. The largest absolute Gasteiger partial charge is 0.462 e. The highest BCUT2D eigenvalue weighted by molar-refractivity contribution is 7.89. The number of nitrogens with zero attached hydrogens (tertiary/aromatic N) is 2. The molecule has 0 aliphatic heterocycles. The van der Waals surface area contributed by atoms with Crippen LogP contribution >= 0.6 is 0 Å². The van der Waals surface area contributed by atoms with Gasteiger partial charge in [0.15, 0.2) is 0 Å². The van der Waals surface area contributed by atoms with Crippen LogP contribution in [0.3, 0.4) is 0 Å². The van der Waals surface area contributed by atoms with Crippen molar-refractivity contribution in [2.45, 2.75) is 24.8 Å². The summed E-state index contributed by atoms with van der Waals surface area (Å²) in [6.07, 6.45) is 0.625. The van der Waals surface area contributed by atoms with E-state index in [2.05, 4.69) is 4.98 Å². The van der Waals surface area contributed by atoms with Crippen LogP contribution in [-0.2, 0) is 27.7 Å². The fourth-order valence-corrected chi connectivity index (χ4v) is 3.33. The van der Waals surface area contributed by atoms with Crippen molar-refractivity contribution in [3.63, 3.8) is 0 Å². The fraction of sp³-hybridized carbons (Fsp3) is 0.222. The third-order valence-corrected chi connectivity index (χ3v) is 5.09. The van der Waals surface area contributed by atoms with Gasteiger partial charge in [0.1, 0.15) is 0 Å². The molecule has 2 aromatic carbocycles. The van der Waals surface area contributed by atoms with E-state index < -0.39 is 16.0 Å². The molecule has 0 fully saturated rings. The number of fused-ring (bicyclic) bond motifs is 1. The molecule has 0 saturated heterocycles. The molecule has 142 valence electrons. The van der Waals surface area contributed by atoms with Gasteiger partial charge in [-0.3, -0.25) is 0 Å². The van der Waals surface area contributed by atoms with Crippen LogP contribution in [-0.4, -0.2) is 30.5 Å². The normalized spacial score (nSPS) is 11.6. The molecule has 1 aromatic heterocycles. The standard InChI is InChI=1S/C18H20N4O4S/c1-2-26-17(23)13-5-8-16-15(11-13)21-18(19)22(16)10-9-12-3-6-14(7-4-12)27(20,24)25/h3-8,11H,2,9-10H2,1H3,(H2,19,21)(H2,20,24,25). The van der Waals surface area contributed by atoms with Crippen molar-refractivity contribution in [1.29, 1.82) is 0 Å². The average Bonchev–Trinajstić information content (AvgIpc) is 2.94. The molecule has 1 heterocycles. The number of nitrogen functional groups attached to an aromatic ring is 1. The van der Waals surface area contributed by atoms with Crippen LogP contribution in [0.2, 0.25) is 0 Å². The number of aryl methyl sites for hydroxylation is 2. The highest BCUT2D eigenvalue weighted by Gasteiger charge is 2.13. The molecule has 3 rings (SSSR count). The maximum absolute atomic E-state index is 11.8. The molecule has 8 nitrogen and oxygen atoms in total. The summed E-state index contributed by atoms with van der Waals surface area (Å²) in [6, 6.07) is 11.5. The second-order valence-corrected chi connectivity index (χ2v) is 7.55. The second-order valence-electron chi connectivity index (χ2n) is 5.98.